The molecule has 100 valence electrons. The minimum absolute atomic E-state index is 0.361. The van der Waals surface area contributed by atoms with Crippen LogP contribution in [0, 0.1) is 0 Å². The lowest BCUT2D eigenvalue weighted by atomic mass is 10.2. The maximum absolute atomic E-state index is 10.9. The molecule has 1 heterocycles. The second-order valence-electron chi connectivity index (χ2n) is 4.44. The first-order valence-electron chi connectivity index (χ1n) is 6.42. The summed E-state index contributed by atoms with van der Waals surface area (Å²) in [4.78, 5) is 15.3. The Morgan fingerprint density at radius 2 is 2.00 bits per heavy atom. The molecule has 0 aromatic heterocycles. The van der Waals surface area contributed by atoms with Crippen LogP contribution in [-0.4, -0.2) is 72.9 Å². The van der Waals surface area contributed by atoms with Gasteiger partial charge in [0.05, 0.1) is 0 Å². The van der Waals surface area contributed by atoms with Gasteiger partial charge in [-0.2, -0.15) is 0 Å². The van der Waals surface area contributed by atoms with E-state index < -0.39 is 5.97 Å². The molecule has 1 unspecified atom stereocenters. The van der Waals surface area contributed by atoms with Crippen LogP contribution in [0.4, 0.5) is 0 Å². The van der Waals surface area contributed by atoms with Crippen molar-refractivity contribution < 1.29 is 14.6 Å². The second kappa shape index (κ2) is 7.63. The number of carboxylic acids is 1. The highest BCUT2D eigenvalue weighted by Crippen LogP contribution is 2.06. The Bertz CT molecular complexity index is 228. The van der Waals surface area contributed by atoms with Crippen molar-refractivity contribution in [2.75, 3.05) is 45.9 Å². The molecule has 1 saturated heterocycles. The van der Waals surface area contributed by atoms with Crippen LogP contribution < -0.4 is 0 Å². The smallest absolute Gasteiger partial charge is 0.320 e. The number of hydrogen-bond donors (Lipinski definition) is 1. The summed E-state index contributed by atoms with van der Waals surface area (Å²) in [6.45, 7) is 10.0. The molecule has 1 N–H and O–H groups in total. The van der Waals surface area contributed by atoms with Gasteiger partial charge in [0.15, 0.2) is 0 Å². The molecule has 0 aliphatic carbocycles. The monoisotopic (exact) mass is 244 g/mol. The van der Waals surface area contributed by atoms with E-state index in [9.17, 15) is 4.79 Å². The standard InChI is InChI=1S/C12H24N2O3/c1-3-17-10-4-5-13-6-8-14(9-7-13)11(2)12(15)16/h11H,3-10H2,1-2H3,(H,15,16). The van der Waals surface area contributed by atoms with Gasteiger partial charge in [-0.25, -0.2) is 0 Å². The Morgan fingerprint density at radius 1 is 1.35 bits per heavy atom. The highest BCUT2D eigenvalue weighted by Gasteiger charge is 2.24. The van der Waals surface area contributed by atoms with Gasteiger partial charge in [0.2, 0.25) is 0 Å². The molecule has 5 nitrogen and oxygen atoms in total. The van der Waals surface area contributed by atoms with Crippen LogP contribution in [0.3, 0.4) is 0 Å². The molecule has 0 spiro atoms. The SMILES string of the molecule is CCOCCCN1CCN(C(C)C(=O)O)CC1. The number of ether oxygens (including phenoxy) is 1. The van der Waals surface area contributed by atoms with Crippen molar-refractivity contribution in [2.45, 2.75) is 26.3 Å². The maximum atomic E-state index is 10.9. The number of carbonyl (C=O) groups is 1. The summed E-state index contributed by atoms with van der Waals surface area (Å²) >= 11 is 0. The molecule has 0 aromatic carbocycles. The number of nitrogens with zero attached hydrogens (tertiary/aromatic N) is 2. The number of piperazine rings is 1. The fourth-order valence-electron chi connectivity index (χ4n) is 2.06. The van der Waals surface area contributed by atoms with Crippen molar-refractivity contribution in [1.29, 1.82) is 0 Å². The Kier molecular flexibility index (Phi) is 6.47. The van der Waals surface area contributed by atoms with Gasteiger partial charge in [-0.1, -0.05) is 0 Å². The van der Waals surface area contributed by atoms with Gasteiger partial charge >= 0.3 is 5.97 Å². The fraction of sp³-hybridized carbons (Fsp3) is 0.917. The van der Waals surface area contributed by atoms with E-state index in [0.29, 0.717) is 0 Å². The molecule has 0 saturated carbocycles. The van der Waals surface area contributed by atoms with Gasteiger partial charge in [-0.15, -0.1) is 0 Å². The van der Waals surface area contributed by atoms with E-state index in [1.165, 1.54) is 0 Å². The third-order valence-electron chi connectivity index (χ3n) is 3.28. The Morgan fingerprint density at radius 3 is 2.53 bits per heavy atom. The number of rotatable bonds is 7. The van der Waals surface area contributed by atoms with Gasteiger partial charge in [0.25, 0.3) is 0 Å². The molecule has 1 aliphatic rings. The summed E-state index contributed by atoms with van der Waals surface area (Å²) in [5.41, 5.74) is 0. The van der Waals surface area contributed by atoms with Crippen LogP contribution in [0.25, 0.3) is 0 Å². The van der Waals surface area contributed by atoms with E-state index in [0.717, 1.165) is 52.4 Å². The van der Waals surface area contributed by atoms with E-state index in [1.54, 1.807) is 6.92 Å². The van der Waals surface area contributed by atoms with Crippen LogP contribution in [0.1, 0.15) is 20.3 Å². The van der Waals surface area contributed by atoms with Crippen LogP contribution in [0.5, 0.6) is 0 Å². The van der Waals surface area contributed by atoms with E-state index in [2.05, 4.69) is 4.90 Å². The second-order valence-corrected chi connectivity index (χ2v) is 4.44. The molecule has 1 aliphatic heterocycles. The third-order valence-corrected chi connectivity index (χ3v) is 3.28. The molecule has 1 rings (SSSR count). The predicted molar refractivity (Wildman–Crippen MR) is 66.2 cm³/mol. The van der Waals surface area contributed by atoms with Gasteiger partial charge in [0, 0.05) is 45.9 Å². The minimum Gasteiger partial charge on any atom is -0.480 e. The van der Waals surface area contributed by atoms with Gasteiger partial charge in [-0.05, 0) is 20.3 Å². The summed E-state index contributed by atoms with van der Waals surface area (Å²) in [6, 6.07) is -0.361. The molecule has 0 amide bonds. The van der Waals surface area contributed by atoms with Crippen molar-refractivity contribution >= 4 is 5.97 Å². The summed E-state index contributed by atoms with van der Waals surface area (Å²) in [6.07, 6.45) is 1.06. The Balaban J connectivity index is 2.15. The van der Waals surface area contributed by atoms with Crippen molar-refractivity contribution in [2.24, 2.45) is 0 Å². The normalized spacial score (nSPS) is 20.4. The molecule has 0 bridgehead atoms. The van der Waals surface area contributed by atoms with Gasteiger partial charge < -0.3 is 14.7 Å². The fourth-order valence-corrected chi connectivity index (χ4v) is 2.06. The van der Waals surface area contributed by atoms with E-state index in [4.69, 9.17) is 9.84 Å². The first kappa shape index (κ1) is 14.4. The number of hydrogen-bond acceptors (Lipinski definition) is 4. The lowest BCUT2D eigenvalue weighted by Gasteiger charge is -2.36. The van der Waals surface area contributed by atoms with Crippen LogP contribution in [0.2, 0.25) is 0 Å². The molecule has 0 aromatic rings. The minimum atomic E-state index is -0.727. The Hall–Kier alpha value is -0.650. The average Bonchev–Trinajstić information content (AvgIpc) is 2.34. The highest BCUT2D eigenvalue weighted by molar-refractivity contribution is 5.72. The number of carboxylic acid groups (broad SMARTS) is 1. The van der Waals surface area contributed by atoms with Gasteiger partial charge in [-0.3, -0.25) is 9.69 Å². The van der Waals surface area contributed by atoms with Crippen LogP contribution in [0.15, 0.2) is 0 Å². The topological polar surface area (TPSA) is 53.0 Å². The molecular formula is C12H24N2O3. The molecule has 17 heavy (non-hydrogen) atoms. The summed E-state index contributed by atoms with van der Waals surface area (Å²) in [7, 11) is 0. The first-order valence-corrected chi connectivity index (χ1v) is 6.42. The predicted octanol–water partition coefficient (Wildman–Crippen LogP) is 0.504. The first-order chi connectivity index (χ1) is 8.15. The van der Waals surface area contributed by atoms with E-state index in [-0.39, 0.29) is 6.04 Å². The van der Waals surface area contributed by atoms with Crippen molar-refractivity contribution in [3.63, 3.8) is 0 Å². The number of aliphatic carboxylic acids is 1. The van der Waals surface area contributed by atoms with E-state index in [1.807, 2.05) is 11.8 Å². The van der Waals surface area contributed by atoms with Gasteiger partial charge in [0.1, 0.15) is 6.04 Å². The summed E-state index contributed by atoms with van der Waals surface area (Å²) in [5, 5.41) is 8.93. The van der Waals surface area contributed by atoms with Crippen LogP contribution >= 0.6 is 0 Å². The third kappa shape index (κ3) is 5.02. The van der Waals surface area contributed by atoms with Crippen molar-refractivity contribution in [1.82, 2.24) is 9.80 Å². The Labute approximate surface area is 103 Å². The largest absolute Gasteiger partial charge is 0.480 e. The quantitative estimate of drug-likeness (QED) is 0.661. The van der Waals surface area contributed by atoms with E-state index >= 15 is 0 Å². The highest BCUT2D eigenvalue weighted by atomic mass is 16.5. The maximum Gasteiger partial charge on any atom is 0.320 e. The van der Waals surface area contributed by atoms with Crippen molar-refractivity contribution in [3.8, 4) is 0 Å². The molecule has 5 heteroatoms. The van der Waals surface area contributed by atoms with Crippen molar-refractivity contribution in [3.05, 3.63) is 0 Å². The zero-order valence-corrected chi connectivity index (χ0v) is 10.9. The summed E-state index contributed by atoms with van der Waals surface area (Å²) < 4.78 is 5.30. The molecular weight excluding hydrogens is 220 g/mol. The lowest BCUT2D eigenvalue weighted by Crippen LogP contribution is -2.51. The van der Waals surface area contributed by atoms with Crippen LogP contribution in [-0.2, 0) is 9.53 Å². The molecule has 1 atom stereocenters. The lowest BCUT2D eigenvalue weighted by molar-refractivity contribution is -0.143. The average molecular weight is 244 g/mol. The molecule has 0 radical (unpaired) electrons. The molecule has 1 fully saturated rings. The zero-order chi connectivity index (χ0) is 12.7. The zero-order valence-electron chi connectivity index (χ0n) is 10.9. The summed E-state index contributed by atoms with van der Waals surface area (Å²) in [5.74, 6) is -0.727.